The van der Waals surface area contributed by atoms with Gasteiger partial charge in [-0.05, 0) is 75.5 Å². The minimum atomic E-state index is -0.173. The van der Waals surface area contributed by atoms with Gasteiger partial charge in [0.15, 0.2) is 0 Å². The number of anilines is 1. The molecule has 0 radical (unpaired) electrons. The zero-order chi connectivity index (χ0) is 23.7. The highest BCUT2D eigenvalue weighted by Gasteiger charge is 2.13. The van der Waals surface area contributed by atoms with E-state index in [1.54, 1.807) is 0 Å². The van der Waals surface area contributed by atoms with Crippen LogP contribution in [0.1, 0.15) is 57.6 Å². The van der Waals surface area contributed by atoms with Gasteiger partial charge in [-0.15, -0.1) is 0 Å². The van der Waals surface area contributed by atoms with Gasteiger partial charge in [-0.25, -0.2) is 0 Å². The average Bonchev–Trinajstić information content (AvgIpc) is 2.82. The van der Waals surface area contributed by atoms with E-state index in [9.17, 15) is 4.79 Å². The third-order valence-electron chi connectivity index (χ3n) is 5.47. The van der Waals surface area contributed by atoms with Crippen LogP contribution in [0, 0.1) is 0 Å². The van der Waals surface area contributed by atoms with Gasteiger partial charge in [0.2, 0.25) is 0 Å². The second kappa shape index (κ2) is 16.0. The predicted molar refractivity (Wildman–Crippen MR) is 139 cm³/mol. The number of nitrogens with zero attached hydrogens (tertiary/aromatic N) is 3. The van der Waals surface area contributed by atoms with Gasteiger partial charge in [-0.3, -0.25) is 9.79 Å². The molecule has 5 heteroatoms. The van der Waals surface area contributed by atoms with E-state index in [-0.39, 0.29) is 12.5 Å². The summed E-state index contributed by atoms with van der Waals surface area (Å²) in [5.74, 6) is -0.173. The van der Waals surface area contributed by atoms with E-state index in [1.165, 1.54) is 12.8 Å². The lowest BCUT2D eigenvalue weighted by molar-refractivity contribution is -0.141. The van der Waals surface area contributed by atoms with Crippen molar-refractivity contribution in [3.8, 4) is 0 Å². The Hall–Kier alpha value is -2.66. The SMILES string of the molecule is CCCN(CCC)CCCCN(CC(=O)OCC)c1ccc(CN=Cc2ccccc2)cc1. The van der Waals surface area contributed by atoms with Crippen LogP contribution >= 0.6 is 0 Å². The lowest BCUT2D eigenvalue weighted by atomic mass is 10.1. The largest absolute Gasteiger partial charge is 0.465 e. The first-order valence-electron chi connectivity index (χ1n) is 12.4. The fourth-order valence-corrected chi connectivity index (χ4v) is 3.88. The summed E-state index contributed by atoms with van der Waals surface area (Å²) < 4.78 is 5.21. The Morgan fingerprint density at radius 1 is 0.879 bits per heavy atom. The summed E-state index contributed by atoms with van der Waals surface area (Å²) in [5.41, 5.74) is 3.31. The summed E-state index contributed by atoms with van der Waals surface area (Å²) in [6.07, 6.45) is 6.47. The number of aliphatic imine (C=N–C) groups is 1. The molecule has 5 nitrogen and oxygen atoms in total. The van der Waals surface area contributed by atoms with Crippen LogP contribution in [-0.4, -0.2) is 56.4 Å². The molecule has 0 aliphatic rings. The number of carbonyl (C=O) groups excluding carboxylic acids is 1. The maximum Gasteiger partial charge on any atom is 0.325 e. The number of benzene rings is 2. The lowest BCUT2D eigenvalue weighted by Gasteiger charge is -2.25. The Morgan fingerprint density at radius 3 is 2.18 bits per heavy atom. The van der Waals surface area contributed by atoms with Crippen molar-refractivity contribution in [3.05, 3.63) is 65.7 Å². The molecule has 2 aromatic carbocycles. The molecule has 180 valence electrons. The van der Waals surface area contributed by atoms with Crippen molar-refractivity contribution in [2.75, 3.05) is 44.2 Å². The molecule has 33 heavy (non-hydrogen) atoms. The van der Waals surface area contributed by atoms with Gasteiger partial charge < -0.3 is 14.5 Å². The van der Waals surface area contributed by atoms with Crippen molar-refractivity contribution in [1.29, 1.82) is 0 Å². The molecule has 0 aliphatic heterocycles. The van der Waals surface area contributed by atoms with Crippen molar-refractivity contribution >= 4 is 17.9 Å². The third-order valence-corrected chi connectivity index (χ3v) is 5.47. The summed E-state index contributed by atoms with van der Waals surface area (Å²) in [6, 6.07) is 18.5. The normalized spacial score (nSPS) is 11.3. The zero-order valence-electron chi connectivity index (χ0n) is 20.7. The van der Waals surface area contributed by atoms with Gasteiger partial charge in [0.25, 0.3) is 0 Å². The van der Waals surface area contributed by atoms with E-state index in [4.69, 9.17) is 4.74 Å². The van der Waals surface area contributed by atoms with E-state index < -0.39 is 0 Å². The van der Waals surface area contributed by atoms with Crippen molar-refractivity contribution in [2.24, 2.45) is 4.99 Å². The molecule has 0 atom stereocenters. The quantitative estimate of drug-likeness (QED) is 0.190. The van der Waals surface area contributed by atoms with Crippen LogP contribution in [0.2, 0.25) is 0 Å². The molecular formula is C28H41N3O2. The highest BCUT2D eigenvalue weighted by atomic mass is 16.5. The third kappa shape index (κ3) is 10.7. The monoisotopic (exact) mass is 451 g/mol. The summed E-state index contributed by atoms with van der Waals surface area (Å²) >= 11 is 0. The van der Waals surface area contributed by atoms with Crippen LogP contribution in [0.25, 0.3) is 0 Å². The van der Waals surface area contributed by atoms with Gasteiger partial charge in [0.1, 0.15) is 6.54 Å². The lowest BCUT2D eigenvalue weighted by Crippen LogP contribution is -2.33. The minimum absolute atomic E-state index is 0.173. The van der Waals surface area contributed by atoms with Gasteiger partial charge in [-0.2, -0.15) is 0 Å². The number of carbonyl (C=O) groups is 1. The van der Waals surface area contributed by atoms with Crippen LogP contribution < -0.4 is 4.90 Å². The first-order valence-corrected chi connectivity index (χ1v) is 12.4. The van der Waals surface area contributed by atoms with Crippen LogP contribution in [0.5, 0.6) is 0 Å². The van der Waals surface area contributed by atoms with E-state index >= 15 is 0 Å². The zero-order valence-corrected chi connectivity index (χ0v) is 20.7. The number of hydrogen-bond acceptors (Lipinski definition) is 5. The van der Waals surface area contributed by atoms with Gasteiger partial charge in [-0.1, -0.05) is 56.3 Å². The Bertz CT molecular complexity index is 800. The van der Waals surface area contributed by atoms with Crippen LogP contribution in [-0.2, 0) is 16.1 Å². The highest BCUT2D eigenvalue weighted by Crippen LogP contribution is 2.17. The van der Waals surface area contributed by atoms with Crippen LogP contribution in [0.4, 0.5) is 5.69 Å². The van der Waals surface area contributed by atoms with Crippen LogP contribution in [0.3, 0.4) is 0 Å². The summed E-state index contributed by atoms with van der Waals surface area (Å²) in [4.78, 5) is 21.4. The second-order valence-electron chi connectivity index (χ2n) is 8.32. The molecule has 0 spiro atoms. The summed E-state index contributed by atoms with van der Waals surface area (Å²) in [5, 5.41) is 0. The van der Waals surface area contributed by atoms with Crippen molar-refractivity contribution < 1.29 is 9.53 Å². The van der Waals surface area contributed by atoms with Crippen molar-refractivity contribution in [3.63, 3.8) is 0 Å². The molecule has 0 heterocycles. The molecule has 0 saturated carbocycles. The van der Waals surface area contributed by atoms with E-state index in [1.807, 2.05) is 43.5 Å². The van der Waals surface area contributed by atoms with E-state index in [0.29, 0.717) is 13.2 Å². The molecule has 0 saturated heterocycles. The van der Waals surface area contributed by atoms with Gasteiger partial charge >= 0.3 is 5.97 Å². The number of ether oxygens (including phenoxy) is 1. The van der Waals surface area contributed by atoms with Gasteiger partial charge in [0, 0.05) is 18.4 Å². The highest BCUT2D eigenvalue weighted by molar-refractivity contribution is 5.79. The molecule has 0 bridgehead atoms. The Labute approximate surface area is 200 Å². The first kappa shape index (κ1) is 26.6. The summed E-state index contributed by atoms with van der Waals surface area (Å²) in [7, 11) is 0. The number of hydrogen-bond donors (Lipinski definition) is 0. The average molecular weight is 452 g/mol. The summed E-state index contributed by atoms with van der Waals surface area (Å²) in [6.45, 7) is 11.9. The molecular weight excluding hydrogens is 410 g/mol. The molecule has 2 rings (SSSR count). The number of rotatable bonds is 16. The van der Waals surface area contributed by atoms with Crippen molar-refractivity contribution in [1.82, 2.24) is 4.90 Å². The fraction of sp³-hybridized carbons (Fsp3) is 0.500. The molecule has 0 fully saturated rings. The molecule has 0 aliphatic carbocycles. The van der Waals surface area contributed by atoms with Crippen molar-refractivity contribution in [2.45, 2.75) is 53.0 Å². The maximum absolute atomic E-state index is 12.2. The fourth-order valence-electron chi connectivity index (χ4n) is 3.88. The number of unbranched alkanes of at least 4 members (excludes halogenated alkanes) is 1. The second-order valence-corrected chi connectivity index (χ2v) is 8.32. The Morgan fingerprint density at radius 2 is 1.55 bits per heavy atom. The van der Waals surface area contributed by atoms with E-state index in [2.05, 4.69) is 52.9 Å². The smallest absolute Gasteiger partial charge is 0.325 e. The molecule has 0 aromatic heterocycles. The number of esters is 1. The van der Waals surface area contributed by atoms with Gasteiger partial charge in [0.05, 0.1) is 13.2 Å². The molecule has 0 unspecified atom stereocenters. The predicted octanol–water partition coefficient (Wildman–Crippen LogP) is 5.58. The maximum atomic E-state index is 12.2. The standard InChI is InChI=1S/C28H41N3O2/c1-4-18-30(19-5-2)20-10-11-21-31(24-28(32)33-6-3)27-16-14-26(15-17-27)23-29-22-25-12-8-7-9-13-25/h7-9,12-17,22H,4-6,10-11,18-21,23-24H2,1-3H3. The molecule has 2 aromatic rings. The Kier molecular flexibility index (Phi) is 12.9. The van der Waals surface area contributed by atoms with E-state index in [0.717, 1.165) is 55.8 Å². The first-order chi connectivity index (χ1) is 16.2. The van der Waals surface area contributed by atoms with Crippen LogP contribution in [0.15, 0.2) is 59.6 Å². The minimum Gasteiger partial charge on any atom is -0.465 e. The topological polar surface area (TPSA) is 45.1 Å². The molecule has 0 amide bonds. The Balaban J connectivity index is 1.93. The molecule has 0 N–H and O–H groups in total.